The number of sulfonamides is 1. The number of hydrogen-bond donors (Lipinski definition) is 0. The maximum atomic E-state index is 12.8. The van der Waals surface area contributed by atoms with Gasteiger partial charge in [-0.3, -0.25) is 0 Å². The zero-order valence-electron chi connectivity index (χ0n) is 13.6. The zero-order valence-corrected chi connectivity index (χ0v) is 14.5. The fraction of sp³-hybridized carbons (Fsp3) is 0.158. The van der Waals surface area contributed by atoms with E-state index in [9.17, 15) is 8.42 Å². The quantitative estimate of drug-likeness (QED) is 0.711. The third-order valence-electron chi connectivity index (χ3n) is 4.04. The summed E-state index contributed by atoms with van der Waals surface area (Å²) in [4.78, 5) is 0.256. The summed E-state index contributed by atoms with van der Waals surface area (Å²) in [6.07, 6.45) is 0. The van der Waals surface area contributed by atoms with Crippen LogP contribution in [0.1, 0.15) is 5.56 Å². The lowest BCUT2D eigenvalue weighted by molar-refractivity contribution is 0.414. The molecule has 124 valence electrons. The van der Waals surface area contributed by atoms with Gasteiger partial charge in [-0.2, -0.15) is 4.31 Å². The molecular formula is C19H19NO3S. The van der Waals surface area contributed by atoms with Crippen LogP contribution in [0.15, 0.2) is 71.6 Å². The minimum Gasteiger partial charge on any atom is -0.497 e. The van der Waals surface area contributed by atoms with Crippen molar-refractivity contribution in [3.05, 3.63) is 72.3 Å². The Balaban J connectivity index is 1.91. The summed E-state index contributed by atoms with van der Waals surface area (Å²) < 4.78 is 32.0. The van der Waals surface area contributed by atoms with Gasteiger partial charge in [0.05, 0.1) is 12.0 Å². The van der Waals surface area contributed by atoms with Gasteiger partial charge in [-0.1, -0.05) is 42.5 Å². The molecule has 0 unspecified atom stereocenters. The highest BCUT2D eigenvalue weighted by Gasteiger charge is 2.21. The molecule has 4 nitrogen and oxygen atoms in total. The molecule has 0 saturated heterocycles. The molecule has 0 aliphatic heterocycles. The second-order valence-corrected chi connectivity index (χ2v) is 7.62. The first kappa shape index (κ1) is 16.5. The van der Waals surface area contributed by atoms with Crippen molar-refractivity contribution in [2.45, 2.75) is 11.4 Å². The van der Waals surface area contributed by atoms with E-state index in [0.29, 0.717) is 12.3 Å². The molecule has 3 aromatic carbocycles. The number of rotatable bonds is 5. The van der Waals surface area contributed by atoms with E-state index in [1.54, 1.807) is 38.4 Å². The van der Waals surface area contributed by atoms with Gasteiger partial charge in [0.25, 0.3) is 0 Å². The Kier molecular flexibility index (Phi) is 4.55. The van der Waals surface area contributed by atoms with E-state index in [1.165, 1.54) is 4.31 Å². The highest BCUT2D eigenvalue weighted by atomic mass is 32.2. The molecule has 0 heterocycles. The van der Waals surface area contributed by atoms with Crippen molar-refractivity contribution in [3.8, 4) is 5.75 Å². The SMILES string of the molecule is COc1ccc(S(=O)(=O)N(C)Cc2cccc3ccccc23)cc1. The molecule has 0 aliphatic rings. The van der Waals surface area contributed by atoms with E-state index in [2.05, 4.69) is 0 Å². The van der Waals surface area contributed by atoms with Gasteiger partial charge in [0, 0.05) is 13.6 Å². The second kappa shape index (κ2) is 6.63. The van der Waals surface area contributed by atoms with Gasteiger partial charge < -0.3 is 4.74 Å². The van der Waals surface area contributed by atoms with Crippen molar-refractivity contribution in [1.82, 2.24) is 4.31 Å². The molecule has 0 N–H and O–H groups in total. The van der Waals surface area contributed by atoms with Crippen molar-refractivity contribution in [2.24, 2.45) is 0 Å². The smallest absolute Gasteiger partial charge is 0.243 e. The third kappa shape index (κ3) is 3.13. The zero-order chi connectivity index (χ0) is 17.2. The fourth-order valence-corrected chi connectivity index (χ4v) is 3.83. The van der Waals surface area contributed by atoms with Crippen LogP contribution in [0.2, 0.25) is 0 Å². The Bertz CT molecular complexity index is 945. The summed E-state index contributed by atoms with van der Waals surface area (Å²) in [5.41, 5.74) is 0.979. The highest BCUT2D eigenvalue weighted by Crippen LogP contribution is 2.23. The van der Waals surface area contributed by atoms with Gasteiger partial charge in [0.15, 0.2) is 0 Å². The van der Waals surface area contributed by atoms with Crippen LogP contribution in [0.4, 0.5) is 0 Å². The van der Waals surface area contributed by atoms with E-state index in [1.807, 2.05) is 42.5 Å². The summed E-state index contributed by atoms with van der Waals surface area (Å²) in [6.45, 7) is 0.315. The molecule has 0 amide bonds. The Hall–Kier alpha value is -2.37. The fourth-order valence-electron chi connectivity index (χ4n) is 2.68. The van der Waals surface area contributed by atoms with Crippen LogP contribution in [0, 0.1) is 0 Å². The van der Waals surface area contributed by atoms with Crippen LogP contribution < -0.4 is 4.74 Å². The molecule has 0 aliphatic carbocycles. The molecule has 0 radical (unpaired) electrons. The van der Waals surface area contributed by atoms with Crippen LogP contribution in [-0.4, -0.2) is 26.9 Å². The summed E-state index contributed by atoms with van der Waals surface area (Å²) in [6, 6.07) is 20.3. The third-order valence-corrected chi connectivity index (χ3v) is 5.86. The van der Waals surface area contributed by atoms with Gasteiger partial charge in [0.1, 0.15) is 5.75 Å². The number of nitrogens with zero attached hydrogens (tertiary/aromatic N) is 1. The monoisotopic (exact) mass is 341 g/mol. The first-order valence-corrected chi connectivity index (χ1v) is 9.03. The van der Waals surface area contributed by atoms with Crippen molar-refractivity contribution in [2.75, 3.05) is 14.2 Å². The molecule has 0 fully saturated rings. The van der Waals surface area contributed by atoms with Crippen molar-refractivity contribution >= 4 is 20.8 Å². The van der Waals surface area contributed by atoms with Crippen molar-refractivity contribution in [3.63, 3.8) is 0 Å². The van der Waals surface area contributed by atoms with Crippen molar-refractivity contribution in [1.29, 1.82) is 0 Å². The molecule has 3 rings (SSSR count). The topological polar surface area (TPSA) is 46.6 Å². The predicted octanol–water partition coefficient (Wildman–Crippen LogP) is 3.67. The van der Waals surface area contributed by atoms with Crippen molar-refractivity contribution < 1.29 is 13.2 Å². The Morgan fingerprint density at radius 1 is 0.917 bits per heavy atom. The maximum Gasteiger partial charge on any atom is 0.243 e. The summed E-state index contributed by atoms with van der Waals surface area (Å²) >= 11 is 0. The largest absolute Gasteiger partial charge is 0.497 e. The molecule has 0 atom stereocenters. The van der Waals surface area contributed by atoms with Crippen LogP contribution in [0.5, 0.6) is 5.75 Å². The van der Waals surface area contributed by atoms with E-state index < -0.39 is 10.0 Å². The Morgan fingerprint density at radius 3 is 2.29 bits per heavy atom. The number of hydrogen-bond acceptors (Lipinski definition) is 3. The molecule has 0 bridgehead atoms. The number of benzene rings is 3. The molecule has 3 aromatic rings. The first-order valence-electron chi connectivity index (χ1n) is 7.59. The lowest BCUT2D eigenvalue weighted by Gasteiger charge is -2.18. The molecule has 0 aromatic heterocycles. The Morgan fingerprint density at radius 2 is 1.58 bits per heavy atom. The van der Waals surface area contributed by atoms with Gasteiger partial charge in [0.2, 0.25) is 10.0 Å². The van der Waals surface area contributed by atoms with Gasteiger partial charge >= 0.3 is 0 Å². The van der Waals surface area contributed by atoms with Crippen LogP contribution >= 0.6 is 0 Å². The minimum atomic E-state index is -3.55. The summed E-state index contributed by atoms with van der Waals surface area (Å²) in [7, 11) is -0.403. The van der Waals surface area contributed by atoms with Crippen LogP contribution in [0.3, 0.4) is 0 Å². The molecule has 0 saturated carbocycles. The minimum absolute atomic E-state index is 0.256. The lowest BCUT2D eigenvalue weighted by Crippen LogP contribution is -2.26. The van der Waals surface area contributed by atoms with E-state index >= 15 is 0 Å². The van der Waals surface area contributed by atoms with Gasteiger partial charge in [-0.05, 0) is 40.6 Å². The molecule has 0 spiro atoms. The summed E-state index contributed by atoms with van der Waals surface area (Å²) in [5.74, 6) is 0.630. The average Bonchev–Trinajstić information content (AvgIpc) is 2.62. The normalized spacial score (nSPS) is 11.8. The standard InChI is InChI=1S/C19H19NO3S/c1-20(24(21,22)18-12-10-17(23-2)11-13-18)14-16-8-5-7-15-6-3-4-9-19(15)16/h3-13H,14H2,1-2H3. The van der Waals surface area contributed by atoms with Gasteiger partial charge in [-0.15, -0.1) is 0 Å². The second-order valence-electron chi connectivity index (χ2n) is 5.57. The van der Waals surface area contributed by atoms with Crippen LogP contribution in [-0.2, 0) is 16.6 Å². The maximum absolute atomic E-state index is 12.8. The lowest BCUT2D eigenvalue weighted by atomic mass is 10.0. The number of methoxy groups -OCH3 is 1. The first-order chi connectivity index (χ1) is 11.5. The molecule has 24 heavy (non-hydrogen) atoms. The van der Waals surface area contributed by atoms with Gasteiger partial charge in [-0.25, -0.2) is 8.42 Å². The summed E-state index contributed by atoms with van der Waals surface area (Å²) in [5, 5.41) is 2.17. The number of ether oxygens (including phenoxy) is 1. The average molecular weight is 341 g/mol. The number of fused-ring (bicyclic) bond motifs is 1. The van der Waals surface area contributed by atoms with E-state index in [0.717, 1.165) is 16.3 Å². The highest BCUT2D eigenvalue weighted by molar-refractivity contribution is 7.89. The Labute approximate surface area is 142 Å². The predicted molar refractivity (Wildman–Crippen MR) is 95.6 cm³/mol. The molecule has 5 heteroatoms. The van der Waals surface area contributed by atoms with Crippen LogP contribution in [0.25, 0.3) is 10.8 Å². The van der Waals surface area contributed by atoms with E-state index in [-0.39, 0.29) is 4.90 Å². The molecular weight excluding hydrogens is 322 g/mol. The van der Waals surface area contributed by atoms with E-state index in [4.69, 9.17) is 4.74 Å².